The Morgan fingerprint density at radius 1 is 1.50 bits per heavy atom. The van der Waals surface area contributed by atoms with Gasteiger partial charge in [0.1, 0.15) is 5.82 Å². The number of nitrogens with zero attached hydrogens (tertiary/aromatic N) is 1. The maximum atomic E-state index is 5.91. The van der Waals surface area contributed by atoms with E-state index in [1.807, 2.05) is 6.92 Å². The monoisotopic (exact) mass is 252 g/mol. The predicted octanol–water partition coefficient (Wildman–Crippen LogP) is 3.68. The van der Waals surface area contributed by atoms with E-state index < -0.39 is 0 Å². The molecule has 5 heteroatoms. The summed E-state index contributed by atoms with van der Waals surface area (Å²) in [7, 11) is 0. The summed E-state index contributed by atoms with van der Waals surface area (Å²) in [5, 5.41) is 4.17. The quantitative estimate of drug-likeness (QED) is 0.828. The van der Waals surface area contributed by atoms with Crippen LogP contribution < -0.4 is 5.32 Å². The number of halogens is 3. The van der Waals surface area contributed by atoms with Gasteiger partial charge in [-0.3, -0.25) is 0 Å². The molecule has 0 saturated carbocycles. The van der Waals surface area contributed by atoms with Crippen molar-refractivity contribution in [2.45, 2.75) is 6.92 Å². The zero-order chi connectivity index (χ0) is 10.6. The van der Waals surface area contributed by atoms with Gasteiger partial charge in [0.25, 0.3) is 0 Å². The lowest BCUT2D eigenvalue weighted by Crippen LogP contribution is -2.13. The van der Waals surface area contributed by atoms with Gasteiger partial charge < -0.3 is 5.32 Å². The second-order valence-corrected chi connectivity index (χ2v) is 4.28. The number of alkyl halides is 1. The molecule has 0 bridgehead atoms. The second kappa shape index (κ2) is 5.64. The summed E-state index contributed by atoms with van der Waals surface area (Å²) in [6.45, 7) is 2.79. The summed E-state index contributed by atoms with van der Waals surface area (Å²) < 4.78 is 0. The summed E-state index contributed by atoms with van der Waals surface area (Å²) in [5.74, 6) is 1.64. The van der Waals surface area contributed by atoms with E-state index in [0.29, 0.717) is 27.7 Å². The molecule has 0 aliphatic heterocycles. The summed E-state index contributed by atoms with van der Waals surface area (Å²) >= 11 is 17.3. The minimum atomic E-state index is 0.380. The molecule has 14 heavy (non-hydrogen) atoms. The third-order valence-electron chi connectivity index (χ3n) is 1.69. The van der Waals surface area contributed by atoms with Crippen LogP contribution in [-0.4, -0.2) is 17.4 Å². The Morgan fingerprint density at radius 2 is 2.21 bits per heavy atom. The minimum absolute atomic E-state index is 0.380. The van der Waals surface area contributed by atoms with Gasteiger partial charge in [0.15, 0.2) is 0 Å². The Bertz CT molecular complexity index is 304. The number of rotatable bonds is 4. The third-order valence-corrected chi connectivity index (χ3v) is 2.71. The van der Waals surface area contributed by atoms with Crippen molar-refractivity contribution in [3.63, 3.8) is 0 Å². The van der Waals surface area contributed by atoms with Crippen LogP contribution in [0.4, 0.5) is 5.82 Å². The van der Waals surface area contributed by atoms with Gasteiger partial charge in [-0.05, 0) is 12.0 Å². The molecular weight excluding hydrogens is 242 g/mol. The molecule has 0 aliphatic rings. The highest BCUT2D eigenvalue weighted by Crippen LogP contribution is 2.22. The van der Waals surface area contributed by atoms with Crippen molar-refractivity contribution in [2.24, 2.45) is 5.92 Å². The predicted molar refractivity (Wildman–Crippen MR) is 62.6 cm³/mol. The van der Waals surface area contributed by atoms with E-state index in [2.05, 4.69) is 10.3 Å². The van der Waals surface area contributed by atoms with E-state index in [1.165, 1.54) is 0 Å². The van der Waals surface area contributed by atoms with Crippen LogP contribution in [0.1, 0.15) is 6.92 Å². The van der Waals surface area contributed by atoms with Crippen LogP contribution in [0.3, 0.4) is 0 Å². The average Bonchev–Trinajstić information content (AvgIpc) is 2.16. The smallest absolute Gasteiger partial charge is 0.144 e. The Labute approximate surface area is 98.6 Å². The molecule has 1 N–H and O–H groups in total. The van der Waals surface area contributed by atoms with E-state index in [-0.39, 0.29) is 0 Å². The van der Waals surface area contributed by atoms with Crippen molar-refractivity contribution in [1.82, 2.24) is 4.98 Å². The number of pyridine rings is 1. The van der Waals surface area contributed by atoms with Gasteiger partial charge in [0, 0.05) is 18.6 Å². The summed E-state index contributed by atoms with van der Waals surface area (Å²) in [6, 6.07) is 1.66. The van der Waals surface area contributed by atoms with Gasteiger partial charge in [0.2, 0.25) is 0 Å². The molecule has 1 rings (SSSR count). The summed E-state index contributed by atoms with van der Waals surface area (Å²) in [6.07, 6.45) is 1.56. The Balaban J connectivity index is 2.59. The molecule has 0 aliphatic carbocycles. The highest BCUT2D eigenvalue weighted by atomic mass is 35.5. The fraction of sp³-hybridized carbons (Fsp3) is 0.444. The summed E-state index contributed by atoms with van der Waals surface area (Å²) in [5.41, 5.74) is 0. The molecular formula is C9H11Cl3N2. The molecule has 1 aromatic heterocycles. The van der Waals surface area contributed by atoms with Crippen LogP contribution >= 0.6 is 34.8 Å². The fourth-order valence-electron chi connectivity index (χ4n) is 0.870. The fourth-order valence-corrected chi connectivity index (χ4v) is 1.43. The zero-order valence-corrected chi connectivity index (χ0v) is 10.00. The molecule has 1 aromatic rings. The number of hydrogen-bond donors (Lipinski definition) is 1. The maximum Gasteiger partial charge on any atom is 0.144 e. The normalized spacial score (nSPS) is 12.6. The van der Waals surface area contributed by atoms with Crippen LogP contribution in [0.15, 0.2) is 12.3 Å². The van der Waals surface area contributed by atoms with Crippen molar-refractivity contribution >= 4 is 40.6 Å². The second-order valence-electron chi connectivity index (χ2n) is 3.12. The van der Waals surface area contributed by atoms with Gasteiger partial charge in [-0.2, -0.15) is 0 Å². The number of aromatic nitrogens is 1. The molecule has 0 spiro atoms. The van der Waals surface area contributed by atoms with Crippen LogP contribution in [0, 0.1) is 5.92 Å². The number of anilines is 1. The first-order valence-corrected chi connectivity index (χ1v) is 5.53. The largest absolute Gasteiger partial charge is 0.369 e. The van der Waals surface area contributed by atoms with E-state index in [0.717, 1.165) is 6.54 Å². The minimum Gasteiger partial charge on any atom is -0.369 e. The first-order chi connectivity index (χ1) is 6.63. The lowest BCUT2D eigenvalue weighted by molar-refractivity contribution is 0.695. The summed E-state index contributed by atoms with van der Waals surface area (Å²) in [4.78, 5) is 4.07. The van der Waals surface area contributed by atoms with Gasteiger partial charge in [-0.1, -0.05) is 30.1 Å². The van der Waals surface area contributed by atoms with E-state index in [1.54, 1.807) is 12.3 Å². The molecule has 0 aromatic carbocycles. The molecule has 2 nitrogen and oxygen atoms in total. The topological polar surface area (TPSA) is 24.9 Å². The molecule has 78 valence electrons. The molecule has 1 unspecified atom stereocenters. The number of hydrogen-bond acceptors (Lipinski definition) is 2. The van der Waals surface area contributed by atoms with Crippen molar-refractivity contribution in [3.05, 3.63) is 22.3 Å². The molecule has 0 radical (unpaired) electrons. The number of nitrogens with one attached hydrogen (secondary N) is 1. The van der Waals surface area contributed by atoms with Crippen LogP contribution in [-0.2, 0) is 0 Å². The zero-order valence-electron chi connectivity index (χ0n) is 7.73. The Hall–Kier alpha value is -0.180. The van der Waals surface area contributed by atoms with Crippen molar-refractivity contribution in [3.8, 4) is 0 Å². The van der Waals surface area contributed by atoms with Crippen LogP contribution in [0.25, 0.3) is 0 Å². The third kappa shape index (κ3) is 3.52. The van der Waals surface area contributed by atoms with Gasteiger partial charge in [0.05, 0.1) is 10.0 Å². The highest BCUT2D eigenvalue weighted by Gasteiger charge is 2.04. The van der Waals surface area contributed by atoms with Crippen molar-refractivity contribution < 1.29 is 0 Å². The first-order valence-electron chi connectivity index (χ1n) is 4.24. The van der Waals surface area contributed by atoms with Crippen LogP contribution in [0.2, 0.25) is 10.0 Å². The molecule has 1 heterocycles. The Morgan fingerprint density at radius 3 is 2.79 bits per heavy atom. The average molecular weight is 254 g/mol. The standard InChI is InChI=1S/C9H11Cl3N2/c1-6(3-10)4-13-9-8(12)2-7(11)5-14-9/h2,5-6H,3-4H2,1H3,(H,13,14). The highest BCUT2D eigenvalue weighted by molar-refractivity contribution is 6.35. The maximum absolute atomic E-state index is 5.91. The molecule has 1 atom stereocenters. The SMILES string of the molecule is CC(CCl)CNc1ncc(Cl)cc1Cl. The lowest BCUT2D eigenvalue weighted by Gasteiger charge is -2.10. The molecule has 0 saturated heterocycles. The Kier molecular flexibility index (Phi) is 4.79. The van der Waals surface area contributed by atoms with Crippen LogP contribution in [0.5, 0.6) is 0 Å². The lowest BCUT2D eigenvalue weighted by atomic mass is 10.2. The van der Waals surface area contributed by atoms with E-state index >= 15 is 0 Å². The molecule has 0 fully saturated rings. The van der Waals surface area contributed by atoms with Gasteiger partial charge in [-0.25, -0.2) is 4.98 Å². The first kappa shape index (κ1) is 11.9. The molecule has 0 amide bonds. The van der Waals surface area contributed by atoms with Gasteiger partial charge >= 0.3 is 0 Å². The van der Waals surface area contributed by atoms with Crippen molar-refractivity contribution in [2.75, 3.05) is 17.7 Å². The van der Waals surface area contributed by atoms with E-state index in [9.17, 15) is 0 Å². The van der Waals surface area contributed by atoms with Crippen molar-refractivity contribution in [1.29, 1.82) is 0 Å². The van der Waals surface area contributed by atoms with Gasteiger partial charge in [-0.15, -0.1) is 11.6 Å². The van der Waals surface area contributed by atoms with E-state index in [4.69, 9.17) is 34.8 Å².